The zero-order valence-electron chi connectivity index (χ0n) is 13.2. The highest BCUT2D eigenvalue weighted by Gasteiger charge is 2.34. The van der Waals surface area contributed by atoms with Crippen LogP contribution in [-0.4, -0.2) is 54.3 Å². The van der Waals surface area contributed by atoms with Crippen LogP contribution in [0.1, 0.15) is 12.5 Å². The minimum absolute atomic E-state index is 0. The zero-order valence-corrected chi connectivity index (χ0v) is 14.0. The van der Waals surface area contributed by atoms with Crippen LogP contribution in [0.25, 0.3) is 0 Å². The molecule has 8 heteroatoms. The summed E-state index contributed by atoms with van der Waals surface area (Å²) in [4.78, 5) is 37.6. The van der Waals surface area contributed by atoms with Gasteiger partial charge in [0.1, 0.15) is 13.1 Å². The molecule has 0 aromatic heterocycles. The number of nitrogens with one attached hydrogen (secondary N) is 2. The van der Waals surface area contributed by atoms with Gasteiger partial charge in [-0.25, -0.2) is 4.79 Å². The number of hydrogen-bond acceptors (Lipinski definition) is 4. The van der Waals surface area contributed by atoms with E-state index in [1.54, 1.807) is 6.07 Å². The van der Waals surface area contributed by atoms with Gasteiger partial charge in [0.05, 0.1) is 0 Å². The zero-order chi connectivity index (χ0) is 16.1. The van der Waals surface area contributed by atoms with Crippen molar-refractivity contribution < 1.29 is 14.4 Å². The standard InChI is InChI=1S/C15H20N4O3.ClH/c1-3-16-8-11-5-4-6-12(7-11)17-13(20)9-19-14(21)10-18(2)15(19)22;/h4-7,16H,3,8-10H2,1-2H3,(H,17,20);1H. The highest BCUT2D eigenvalue weighted by atomic mass is 35.5. The van der Waals surface area contributed by atoms with E-state index in [4.69, 9.17) is 0 Å². The molecule has 1 aliphatic rings. The second kappa shape index (κ2) is 8.50. The lowest BCUT2D eigenvalue weighted by atomic mass is 10.2. The van der Waals surface area contributed by atoms with Gasteiger partial charge in [-0.2, -0.15) is 0 Å². The summed E-state index contributed by atoms with van der Waals surface area (Å²) in [6.07, 6.45) is 0. The summed E-state index contributed by atoms with van der Waals surface area (Å²) in [5.74, 6) is -0.749. The van der Waals surface area contributed by atoms with Crippen molar-refractivity contribution in [3.63, 3.8) is 0 Å². The molecular weight excluding hydrogens is 320 g/mol. The Labute approximate surface area is 141 Å². The summed E-state index contributed by atoms with van der Waals surface area (Å²) >= 11 is 0. The number of amides is 4. The molecule has 2 N–H and O–H groups in total. The number of carbonyl (C=O) groups is 3. The van der Waals surface area contributed by atoms with Gasteiger partial charge in [-0.15, -0.1) is 12.4 Å². The molecule has 1 heterocycles. The van der Waals surface area contributed by atoms with Crippen LogP contribution in [0.15, 0.2) is 24.3 Å². The summed E-state index contributed by atoms with van der Waals surface area (Å²) in [6.45, 7) is 3.35. The summed E-state index contributed by atoms with van der Waals surface area (Å²) in [6, 6.07) is 7.00. The number of likely N-dealkylation sites (N-methyl/N-ethyl adjacent to an activating group) is 1. The summed E-state index contributed by atoms with van der Waals surface area (Å²) < 4.78 is 0. The molecule has 126 valence electrons. The van der Waals surface area contributed by atoms with Crippen LogP contribution >= 0.6 is 12.4 Å². The van der Waals surface area contributed by atoms with Crippen LogP contribution < -0.4 is 10.6 Å². The molecule has 0 spiro atoms. The number of rotatable bonds is 6. The molecule has 1 aromatic rings. The number of imide groups is 1. The average molecular weight is 341 g/mol. The van der Waals surface area contributed by atoms with Crippen molar-refractivity contribution in [3.05, 3.63) is 29.8 Å². The summed E-state index contributed by atoms with van der Waals surface area (Å²) in [5.41, 5.74) is 1.69. The highest BCUT2D eigenvalue weighted by Crippen LogP contribution is 2.12. The first kappa shape index (κ1) is 18.9. The highest BCUT2D eigenvalue weighted by molar-refractivity contribution is 6.06. The van der Waals surface area contributed by atoms with Crippen LogP contribution in [-0.2, 0) is 16.1 Å². The van der Waals surface area contributed by atoms with E-state index in [2.05, 4.69) is 10.6 Å². The van der Waals surface area contributed by atoms with Gasteiger partial charge in [0, 0.05) is 19.3 Å². The minimum Gasteiger partial charge on any atom is -0.325 e. The lowest BCUT2D eigenvalue weighted by Gasteiger charge is -2.14. The van der Waals surface area contributed by atoms with E-state index in [-0.39, 0.29) is 31.4 Å². The fraction of sp³-hybridized carbons (Fsp3) is 0.400. The third-order valence-electron chi connectivity index (χ3n) is 3.32. The molecular formula is C15H21ClN4O3. The van der Waals surface area contributed by atoms with E-state index in [9.17, 15) is 14.4 Å². The van der Waals surface area contributed by atoms with Gasteiger partial charge in [0.15, 0.2) is 0 Å². The first-order chi connectivity index (χ1) is 10.5. The third-order valence-corrected chi connectivity index (χ3v) is 3.32. The van der Waals surface area contributed by atoms with Crippen molar-refractivity contribution in [3.8, 4) is 0 Å². The minimum atomic E-state index is -0.443. The van der Waals surface area contributed by atoms with Crippen molar-refractivity contribution in [2.24, 2.45) is 0 Å². The molecule has 1 saturated heterocycles. The Balaban J connectivity index is 0.00000264. The van der Waals surface area contributed by atoms with Crippen molar-refractivity contribution in [2.45, 2.75) is 13.5 Å². The van der Waals surface area contributed by atoms with Gasteiger partial charge in [-0.1, -0.05) is 19.1 Å². The first-order valence-corrected chi connectivity index (χ1v) is 7.16. The number of carbonyl (C=O) groups excluding carboxylic acids is 3. The van der Waals surface area contributed by atoms with Crippen molar-refractivity contribution in [2.75, 3.05) is 32.0 Å². The number of anilines is 1. The summed E-state index contributed by atoms with van der Waals surface area (Å²) in [5, 5.41) is 5.91. The molecule has 23 heavy (non-hydrogen) atoms. The van der Waals surface area contributed by atoms with Crippen LogP contribution in [0.5, 0.6) is 0 Å². The van der Waals surface area contributed by atoms with E-state index in [1.165, 1.54) is 11.9 Å². The monoisotopic (exact) mass is 340 g/mol. The average Bonchev–Trinajstić information content (AvgIpc) is 2.72. The Kier molecular flexibility index (Phi) is 6.99. The Hall–Kier alpha value is -2.12. The van der Waals surface area contributed by atoms with Crippen LogP contribution in [0.4, 0.5) is 10.5 Å². The fourth-order valence-electron chi connectivity index (χ4n) is 2.20. The molecule has 1 aliphatic heterocycles. The first-order valence-electron chi connectivity index (χ1n) is 7.16. The van der Waals surface area contributed by atoms with E-state index >= 15 is 0 Å². The van der Waals surface area contributed by atoms with Crippen LogP contribution in [0, 0.1) is 0 Å². The van der Waals surface area contributed by atoms with E-state index in [0.29, 0.717) is 12.2 Å². The van der Waals surface area contributed by atoms with Crippen molar-refractivity contribution >= 4 is 35.9 Å². The largest absolute Gasteiger partial charge is 0.327 e. The molecule has 0 radical (unpaired) electrons. The molecule has 0 saturated carbocycles. The number of benzene rings is 1. The number of hydrogen-bond donors (Lipinski definition) is 2. The smallest absolute Gasteiger partial charge is 0.325 e. The molecule has 0 unspecified atom stereocenters. The molecule has 7 nitrogen and oxygen atoms in total. The van der Waals surface area contributed by atoms with Crippen molar-refractivity contribution in [1.82, 2.24) is 15.1 Å². The van der Waals surface area contributed by atoms with Crippen molar-refractivity contribution in [1.29, 1.82) is 0 Å². The maximum atomic E-state index is 12.0. The molecule has 0 aliphatic carbocycles. The Morgan fingerprint density at radius 1 is 1.30 bits per heavy atom. The lowest BCUT2D eigenvalue weighted by molar-refractivity contribution is -0.129. The molecule has 1 fully saturated rings. The normalized spacial score (nSPS) is 14.0. The number of halogens is 1. The predicted molar refractivity (Wildman–Crippen MR) is 89.4 cm³/mol. The second-order valence-corrected chi connectivity index (χ2v) is 5.15. The second-order valence-electron chi connectivity index (χ2n) is 5.15. The lowest BCUT2D eigenvalue weighted by Crippen LogP contribution is -2.38. The van der Waals surface area contributed by atoms with Crippen LogP contribution in [0.2, 0.25) is 0 Å². The maximum absolute atomic E-state index is 12.0. The van der Waals surface area contributed by atoms with Gasteiger partial charge in [0.2, 0.25) is 5.91 Å². The van der Waals surface area contributed by atoms with E-state index in [0.717, 1.165) is 17.0 Å². The van der Waals surface area contributed by atoms with Gasteiger partial charge in [-0.3, -0.25) is 14.5 Å². The van der Waals surface area contributed by atoms with Gasteiger partial charge >= 0.3 is 6.03 Å². The summed E-state index contributed by atoms with van der Waals surface area (Å²) in [7, 11) is 1.53. The Bertz CT molecular complexity index is 594. The molecule has 0 atom stereocenters. The maximum Gasteiger partial charge on any atom is 0.327 e. The molecule has 4 amide bonds. The molecule has 0 bridgehead atoms. The van der Waals surface area contributed by atoms with E-state index < -0.39 is 11.9 Å². The van der Waals surface area contributed by atoms with E-state index in [1.807, 2.05) is 25.1 Å². The molecule has 1 aromatic carbocycles. The predicted octanol–water partition coefficient (Wildman–Crippen LogP) is 1.05. The van der Waals surface area contributed by atoms with Gasteiger partial charge < -0.3 is 15.5 Å². The Morgan fingerprint density at radius 3 is 2.65 bits per heavy atom. The van der Waals surface area contributed by atoms with Crippen LogP contribution in [0.3, 0.4) is 0 Å². The fourth-order valence-corrected chi connectivity index (χ4v) is 2.20. The Morgan fingerprint density at radius 2 is 2.04 bits per heavy atom. The topological polar surface area (TPSA) is 81.8 Å². The SMILES string of the molecule is CCNCc1cccc(NC(=O)CN2C(=O)CN(C)C2=O)c1.Cl. The number of nitrogens with zero attached hydrogens (tertiary/aromatic N) is 2. The third kappa shape index (κ3) is 4.94. The van der Waals surface area contributed by atoms with Gasteiger partial charge in [0.25, 0.3) is 5.91 Å². The van der Waals surface area contributed by atoms with Gasteiger partial charge in [-0.05, 0) is 24.2 Å². The number of urea groups is 1. The molecule has 2 rings (SSSR count). The quantitative estimate of drug-likeness (QED) is 0.758.